The Morgan fingerprint density at radius 3 is 2.29 bits per heavy atom. The zero-order valence-electron chi connectivity index (χ0n) is 20.7. The highest BCUT2D eigenvalue weighted by Gasteiger charge is 2.31. The topological polar surface area (TPSA) is 105 Å². The molecule has 0 saturated heterocycles. The number of ether oxygens (including phenoxy) is 2. The van der Waals surface area contributed by atoms with Crippen LogP contribution in [0.5, 0.6) is 11.5 Å². The molecule has 0 aromatic heterocycles. The lowest BCUT2D eigenvalue weighted by molar-refractivity contribution is -0.139. The largest absolute Gasteiger partial charge is 0.497 e. The first-order valence-corrected chi connectivity index (χ1v) is 13.1. The van der Waals surface area contributed by atoms with E-state index in [-0.39, 0.29) is 29.9 Å². The molecule has 0 fully saturated rings. The van der Waals surface area contributed by atoms with E-state index in [1.54, 1.807) is 37.3 Å². The normalized spacial score (nSPS) is 12.1. The average molecular weight is 526 g/mol. The lowest BCUT2D eigenvalue weighted by Crippen LogP contribution is -2.52. The van der Waals surface area contributed by atoms with Gasteiger partial charge in [0.15, 0.2) is 0 Å². The molecule has 0 saturated carbocycles. The molecule has 2 rings (SSSR count). The minimum Gasteiger partial charge on any atom is -0.497 e. The molecule has 1 atom stereocenters. The van der Waals surface area contributed by atoms with Crippen molar-refractivity contribution in [1.82, 2.24) is 10.2 Å². The van der Waals surface area contributed by atoms with E-state index in [9.17, 15) is 18.0 Å². The smallest absolute Gasteiger partial charge is 0.244 e. The van der Waals surface area contributed by atoms with Crippen molar-refractivity contribution >= 4 is 39.1 Å². The number of anilines is 1. The van der Waals surface area contributed by atoms with Crippen molar-refractivity contribution in [1.29, 1.82) is 0 Å². The molecular formula is C24H32ClN3O6S. The summed E-state index contributed by atoms with van der Waals surface area (Å²) in [5.41, 5.74) is 0.870. The summed E-state index contributed by atoms with van der Waals surface area (Å²) in [5.74, 6) is -0.246. The Morgan fingerprint density at radius 2 is 1.74 bits per heavy atom. The number of halogens is 1. The monoisotopic (exact) mass is 525 g/mol. The van der Waals surface area contributed by atoms with Gasteiger partial charge in [-0.15, -0.1) is 0 Å². The zero-order chi connectivity index (χ0) is 26.3. The van der Waals surface area contributed by atoms with E-state index >= 15 is 0 Å². The highest BCUT2D eigenvalue weighted by Crippen LogP contribution is 2.33. The van der Waals surface area contributed by atoms with Gasteiger partial charge in [-0.3, -0.25) is 13.9 Å². The van der Waals surface area contributed by atoms with Crippen molar-refractivity contribution in [3.8, 4) is 11.5 Å². The van der Waals surface area contributed by atoms with Gasteiger partial charge < -0.3 is 19.7 Å². The average Bonchev–Trinajstić information content (AvgIpc) is 2.78. The third-order valence-corrected chi connectivity index (χ3v) is 6.54. The Hall–Kier alpha value is -2.98. The molecule has 1 N–H and O–H groups in total. The summed E-state index contributed by atoms with van der Waals surface area (Å²) in [6, 6.07) is 10.5. The Morgan fingerprint density at radius 1 is 1.06 bits per heavy atom. The molecule has 35 heavy (non-hydrogen) atoms. The molecule has 0 aliphatic rings. The maximum absolute atomic E-state index is 13.6. The molecule has 0 heterocycles. The molecule has 192 valence electrons. The van der Waals surface area contributed by atoms with E-state index in [1.165, 1.54) is 31.3 Å². The maximum Gasteiger partial charge on any atom is 0.244 e. The molecule has 2 aromatic rings. The molecule has 0 spiro atoms. The molecule has 2 aromatic carbocycles. The molecular weight excluding hydrogens is 494 g/mol. The molecule has 2 amide bonds. The van der Waals surface area contributed by atoms with Crippen molar-refractivity contribution in [2.75, 3.05) is 31.3 Å². The van der Waals surface area contributed by atoms with Gasteiger partial charge in [-0.25, -0.2) is 8.42 Å². The number of rotatable bonds is 11. The SMILES string of the molecule is COc1ccc(N(CC(=O)N(Cc2cccc(Cl)c2)C(C)C(=O)NC(C)C)S(C)(=O)=O)c(OC)c1. The van der Waals surface area contributed by atoms with Crippen LogP contribution < -0.4 is 19.1 Å². The number of hydrogen-bond donors (Lipinski definition) is 1. The van der Waals surface area contributed by atoms with E-state index in [1.807, 2.05) is 13.8 Å². The number of hydrogen-bond acceptors (Lipinski definition) is 6. The van der Waals surface area contributed by atoms with Gasteiger partial charge in [-0.2, -0.15) is 0 Å². The van der Waals surface area contributed by atoms with Crippen molar-refractivity contribution in [2.45, 2.75) is 39.4 Å². The van der Waals surface area contributed by atoms with Crippen LogP contribution in [0.2, 0.25) is 5.02 Å². The van der Waals surface area contributed by atoms with Crippen LogP contribution in [0.25, 0.3) is 0 Å². The van der Waals surface area contributed by atoms with E-state index in [2.05, 4.69) is 5.32 Å². The van der Waals surface area contributed by atoms with Gasteiger partial charge in [-0.1, -0.05) is 23.7 Å². The first kappa shape index (κ1) is 28.3. The zero-order valence-corrected chi connectivity index (χ0v) is 22.3. The number of benzene rings is 2. The molecule has 11 heteroatoms. The van der Waals surface area contributed by atoms with Gasteiger partial charge >= 0.3 is 0 Å². The first-order chi connectivity index (χ1) is 16.4. The van der Waals surface area contributed by atoms with Crippen molar-refractivity contribution in [3.05, 3.63) is 53.1 Å². The number of methoxy groups -OCH3 is 2. The van der Waals surface area contributed by atoms with E-state index in [0.29, 0.717) is 16.3 Å². The van der Waals surface area contributed by atoms with Crippen LogP contribution in [-0.4, -0.2) is 64.2 Å². The summed E-state index contributed by atoms with van der Waals surface area (Å²) in [6.45, 7) is 4.74. The maximum atomic E-state index is 13.6. The second kappa shape index (κ2) is 12.1. The highest BCUT2D eigenvalue weighted by atomic mass is 35.5. The highest BCUT2D eigenvalue weighted by molar-refractivity contribution is 7.92. The van der Waals surface area contributed by atoms with Crippen LogP contribution in [0, 0.1) is 0 Å². The van der Waals surface area contributed by atoms with Gasteiger partial charge in [0.1, 0.15) is 24.1 Å². The van der Waals surface area contributed by atoms with E-state index in [4.69, 9.17) is 21.1 Å². The minimum atomic E-state index is -3.90. The second-order valence-corrected chi connectivity index (χ2v) is 10.6. The first-order valence-electron chi connectivity index (χ1n) is 10.9. The quantitative estimate of drug-likeness (QED) is 0.483. The van der Waals surface area contributed by atoms with Crippen molar-refractivity contribution < 1.29 is 27.5 Å². The predicted octanol–water partition coefficient (Wildman–Crippen LogP) is 3.07. The lowest BCUT2D eigenvalue weighted by atomic mass is 10.1. The van der Waals surface area contributed by atoms with Crippen LogP contribution in [0.4, 0.5) is 5.69 Å². The standard InChI is InChI=1S/C24H32ClN3O6S/c1-16(2)26-24(30)17(3)27(14-18-8-7-9-19(25)12-18)23(29)15-28(35(6,31)32)21-11-10-20(33-4)13-22(21)34-5/h7-13,16-17H,14-15H2,1-6H3,(H,26,30). The van der Waals surface area contributed by atoms with E-state index < -0.39 is 28.5 Å². The second-order valence-electron chi connectivity index (χ2n) is 8.30. The summed E-state index contributed by atoms with van der Waals surface area (Å²) in [6.07, 6.45) is 1.00. The van der Waals surface area contributed by atoms with Gasteiger partial charge in [0.05, 0.1) is 26.2 Å². The van der Waals surface area contributed by atoms with Gasteiger partial charge in [-0.05, 0) is 50.6 Å². The fraction of sp³-hybridized carbons (Fsp3) is 0.417. The van der Waals surface area contributed by atoms with Crippen molar-refractivity contribution in [3.63, 3.8) is 0 Å². The Bertz CT molecular complexity index is 1160. The van der Waals surface area contributed by atoms with Gasteiger partial charge in [0, 0.05) is 23.7 Å². The third-order valence-electron chi connectivity index (χ3n) is 5.17. The fourth-order valence-electron chi connectivity index (χ4n) is 3.41. The number of carbonyl (C=O) groups excluding carboxylic acids is 2. The number of amides is 2. The molecule has 0 aliphatic carbocycles. The molecule has 1 unspecified atom stereocenters. The van der Waals surface area contributed by atoms with Gasteiger partial charge in [0.25, 0.3) is 0 Å². The number of nitrogens with zero attached hydrogens (tertiary/aromatic N) is 2. The predicted molar refractivity (Wildman–Crippen MR) is 136 cm³/mol. The van der Waals surface area contributed by atoms with E-state index in [0.717, 1.165) is 10.6 Å². The van der Waals surface area contributed by atoms with Crippen LogP contribution >= 0.6 is 11.6 Å². The molecule has 0 bridgehead atoms. The summed E-state index contributed by atoms with van der Waals surface area (Å²) in [7, 11) is -1.03. The Balaban J connectivity index is 2.46. The Kier molecular flexibility index (Phi) is 9.79. The molecule has 0 radical (unpaired) electrons. The summed E-state index contributed by atoms with van der Waals surface area (Å²) < 4.78 is 37.0. The summed E-state index contributed by atoms with van der Waals surface area (Å²) in [5, 5.41) is 3.28. The van der Waals surface area contributed by atoms with Crippen LogP contribution in [0.1, 0.15) is 26.3 Å². The molecule has 0 aliphatic heterocycles. The van der Waals surface area contributed by atoms with Gasteiger partial charge in [0.2, 0.25) is 21.8 Å². The summed E-state index contributed by atoms with van der Waals surface area (Å²) in [4.78, 5) is 27.7. The minimum absolute atomic E-state index is 0.0590. The summed E-state index contributed by atoms with van der Waals surface area (Å²) >= 11 is 6.11. The fourth-order valence-corrected chi connectivity index (χ4v) is 4.47. The van der Waals surface area contributed by atoms with Crippen LogP contribution in [0.15, 0.2) is 42.5 Å². The van der Waals surface area contributed by atoms with Crippen LogP contribution in [-0.2, 0) is 26.2 Å². The number of sulfonamides is 1. The third kappa shape index (κ3) is 7.76. The lowest BCUT2D eigenvalue weighted by Gasteiger charge is -2.32. The molecule has 9 nitrogen and oxygen atoms in total. The number of nitrogens with one attached hydrogen (secondary N) is 1. The van der Waals surface area contributed by atoms with Crippen LogP contribution in [0.3, 0.4) is 0 Å². The number of carbonyl (C=O) groups is 2. The Labute approximate surface area is 212 Å². The van der Waals surface area contributed by atoms with Crippen molar-refractivity contribution in [2.24, 2.45) is 0 Å².